The molecule has 1 aliphatic rings. The van der Waals surface area contributed by atoms with Crippen LogP contribution in [0.15, 0.2) is 71.6 Å². The maximum atomic E-state index is 14.7. The van der Waals surface area contributed by atoms with E-state index < -0.39 is 34.3 Å². The summed E-state index contributed by atoms with van der Waals surface area (Å²) in [5.74, 6) is -1.61. The van der Waals surface area contributed by atoms with Crippen molar-refractivity contribution in [1.29, 1.82) is 0 Å². The molecule has 0 unspecified atom stereocenters. The Bertz CT molecular complexity index is 1530. The van der Waals surface area contributed by atoms with Gasteiger partial charge in [-0.15, -0.1) is 0 Å². The predicted octanol–water partition coefficient (Wildman–Crippen LogP) is 6.50. The van der Waals surface area contributed by atoms with Gasteiger partial charge in [0.2, 0.25) is 11.8 Å². The van der Waals surface area contributed by atoms with Gasteiger partial charge in [-0.05, 0) is 63.1 Å². The number of hydrogen-bond acceptors (Lipinski definition) is 4. The monoisotopic (exact) mass is 633 g/mol. The number of rotatable bonds is 10. The molecule has 0 radical (unpaired) electrons. The molecule has 1 aliphatic carbocycles. The first kappa shape index (κ1) is 31.8. The first-order valence-electron chi connectivity index (χ1n) is 13.8. The largest absolute Gasteiger partial charge is 0.352 e. The fourth-order valence-corrected chi connectivity index (χ4v) is 6.67. The highest BCUT2D eigenvalue weighted by Gasteiger charge is 2.33. The summed E-state index contributed by atoms with van der Waals surface area (Å²) in [5.41, 5.74) is 1.18. The summed E-state index contributed by atoms with van der Waals surface area (Å²) < 4.78 is 43.5. The highest BCUT2D eigenvalue weighted by molar-refractivity contribution is 7.92. The van der Waals surface area contributed by atoms with Crippen molar-refractivity contribution >= 4 is 50.7 Å². The number of nitrogens with one attached hydrogen (secondary N) is 1. The van der Waals surface area contributed by atoms with Crippen molar-refractivity contribution < 1.29 is 22.4 Å². The molecule has 11 heteroatoms. The van der Waals surface area contributed by atoms with E-state index in [1.54, 1.807) is 25.1 Å². The first-order valence-corrected chi connectivity index (χ1v) is 16.0. The Morgan fingerprint density at radius 2 is 1.64 bits per heavy atom. The normalized spacial score (nSPS) is 14.7. The number of anilines is 1. The SMILES string of the molecule is Cc1ccc(S(=O)(=O)N(CC(=O)N(Cc2ccccc2F)[C@H](C)C(=O)NC2CCCCC2)c2ccc(Cl)c(Cl)c2)cc1. The third kappa shape index (κ3) is 7.62. The van der Waals surface area contributed by atoms with Crippen LogP contribution in [0.2, 0.25) is 10.0 Å². The summed E-state index contributed by atoms with van der Waals surface area (Å²) in [5, 5.41) is 3.35. The topological polar surface area (TPSA) is 86.8 Å². The van der Waals surface area contributed by atoms with Crippen LogP contribution in [0, 0.1) is 12.7 Å². The van der Waals surface area contributed by atoms with Gasteiger partial charge >= 0.3 is 0 Å². The fraction of sp³-hybridized carbons (Fsp3) is 0.355. The third-order valence-electron chi connectivity index (χ3n) is 7.50. The molecular weight excluding hydrogens is 600 g/mol. The highest BCUT2D eigenvalue weighted by atomic mass is 35.5. The number of carbonyl (C=O) groups is 2. The van der Waals surface area contributed by atoms with Crippen LogP contribution in [0.3, 0.4) is 0 Å². The Labute approximate surface area is 256 Å². The molecule has 3 aromatic rings. The van der Waals surface area contributed by atoms with E-state index in [9.17, 15) is 22.4 Å². The minimum absolute atomic E-state index is 0.00580. The lowest BCUT2D eigenvalue weighted by Crippen LogP contribution is -2.53. The number of hydrogen-bond donors (Lipinski definition) is 1. The summed E-state index contributed by atoms with van der Waals surface area (Å²) in [4.78, 5) is 28.6. The molecule has 1 saturated carbocycles. The maximum absolute atomic E-state index is 14.7. The van der Waals surface area contributed by atoms with Crippen LogP contribution in [-0.4, -0.2) is 43.8 Å². The van der Waals surface area contributed by atoms with Crippen LogP contribution in [0.25, 0.3) is 0 Å². The Kier molecular flexibility index (Phi) is 10.5. The smallest absolute Gasteiger partial charge is 0.264 e. The zero-order valence-corrected chi connectivity index (χ0v) is 25.9. The van der Waals surface area contributed by atoms with Gasteiger partial charge in [-0.25, -0.2) is 12.8 Å². The van der Waals surface area contributed by atoms with Gasteiger partial charge in [-0.2, -0.15) is 0 Å². The highest BCUT2D eigenvalue weighted by Crippen LogP contribution is 2.31. The third-order valence-corrected chi connectivity index (χ3v) is 10.0. The minimum atomic E-state index is -4.27. The number of amides is 2. The first-order chi connectivity index (χ1) is 20.0. The zero-order valence-electron chi connectivity index (χ0n) is 23.5. The Morgan fingerprint density at radius 3 is 2.29 bits per heavy atom. The van der Waals surface area contributed by atoms with Crippen molar-refractivity contribution in [2.24, 2.45) is 0 Å². The number of sulfonamides is 1. The van der Waals surface area contributed by atoms with Crippen molar-refractivity contribution in [3.8, 4) is 0 Å². The number of nitrogens with zero attached hydrogens (tertiary/aromatic N) is 2. The second-order valence-corrected chi connectivity index (χ2v) is 13.2. The second-order valence-electron chi connectivity index (χ2n) is 10.6. The number of aryl methyl sites for hydroxylation is 1. The van der Waals surface area contributed by atoms with E-state index >= 15 is 0 Å². The van der Waals surface area contributed by atoms with Crippen molar-refractivity contribution in [2.45, 2.75) is 69.5 Å². The number of carbonyl (C=O) groups excluding carboxylic acids is 2. The summed E-state index contributed by atoms with van der Waals surface area (Å²) in [6.45, 7) is 2.50. The molecule has 1 N–H and O–H groups in total. The Morgan fingerprint density at radius 1 is 0.976 bits per heavy atom. The van der Waals surface area contributed by atoms with Gasteiger partial charge in [0.15, 0.2) is 0 Å². The van der Waals surface area contributed by atoms with E-state index in [1.165, 1.54) is 53.4 Å². The number of halogens is 3. The quantitative estimate of drug-likeness (QED) is 0.276. The molecule has 1 fully saturated rings. The zero-order chi connectivity index (χ0) is 30.4. The molecule has 0 saturated heterocycles. The van der Waals surface area contributed by atoms with Crippen LogP contribution in [0.1, 0.15) is 50.2 Å². The van der Waals surface area contributed by atoms with Crippen LogP contribution < -0.4 is 9.62 Å². The standard InChI is InChI=1S/C31H34Cl2FN3O4S/c1-21-12-15-26(16-13-21)42(40,41)37(25-14-17-27(32)28(33)18-25)20-30(38)36(19-23-8-6-7-11-29(23)34)22(2)31(39)35-24-9-4-3-5-10-24/h6-8,11-18,22,24H,3-5,9-10,19-20H2,1-2H3,(H,35,39)/t22-/m1/s1. The average Bonchev–Trinajstić information content (AvgIpc) is 2.97. The van der Waals surface area contributed by atoms with Gasteiger partial charge in [0.25, 0.3) is 10.0 Å². The van der Waals surface area contributed by atoms with E-state index in [2.05, 4.69) is 5.32 Å². The lowest BCUT2D eigenvalue weighted by Gasteiger charge is -2.33. The predicted molar refractivity (Wildman–Crippen MR) is 164 cm³/mol. The van der Waals surface area contributed by atoms with Crippen LogP contribution >= 0.6 is 23.2 Å². The van der Waals surface area contributed by atoms with Gasteiger partial charge in [-0.1, -0.05) is 78.4 Å². The molecule has 224 valence electrons. The van der Waals surface area contributed by atoms with E-state index in [-0.39, 0.29) is 44.7 Å². The maximum Gasteiger partial charge on any atom is 0.264 e. The molecule has 0 aromatic heterocycles. The van der Waals surface area contributed by atoms with E-state index in [0.29, 0.717) is 0 Å². The molecular formula is C31H34Cl2FN3O4S. The lowest BCUT2D eigenvalue weighted by atomic mass is 9.95. The fourth-order valence-electron chi connectivity index (χ4n) is 4.97. The summed E-state index contributed by atoms with van der Waals surface area (Å²) in [6.07, 6.45) is 4.82. The van der Waals surface area contributed by atoms with Crippen molar-refractivity contribution in [3.05, 3.63) is 93.7 Å². The van der Waals surface area contributed by atoms with E-state index in [4.69, 9.17) is 23.2 Å². The molecule has 4 rings (SSSR count). The molecule has 0 heterocycles. The van der Waals surface area contributed by atoms with Gasteiger partial charge in [0.05, 0.1) is 20.6 Å². The molecule has 42 heavy (non-hydrogen) atoms. The molecule has 0 spiro atoms. The van der Waals surface area contributed by atoms with E-state index in [1.807, 2.05) is 6.92 Å². The van der Waals surface area contributed by atoms with Gasteiger partial charge in [0.1, 0.15) is 18.4 Å². The second kappa shape index (κ2) is 13.9. The molecule has 2 amide bonds. The molecule has 3 aromatic carbocycles. The summed E-state index contributed by atoms with van der Waals surface area (Å²) in [7, 11) is -4.27. The summed E-state index contributed by atoms with van der Waals surface area (Å²) in [6, 6.07) is 15.4. The van der Waals surface area contributed by atoms with Crippen LogP contribution in [-0.2, 0) is 26.2 Å². The van der Waals surface area contributed by atoms with Crippen LogP contribution in [0.5, 0.6) is 0 Å². The molecule has 7 nitrogen and oxygen atoms in total. The van der Waals surface area contributed by atoms with Crippen molar-refractivity contribution in [3.63, 3.8) is 0 Å². The Hall–Kier alpha value is -3.14. The molecule has 1 atom stereocenters. The minimum Gasteiger partial charge on any atom is -0.352 e. The molecule has 0 aliphatic heterocycles. The number of benzene rings is 3. The van der Waals surface area contributed by atoms with Gasteiger partial charge in [0, 0.05) is 18.2 Å². The molecule has 0 bridgehead atoms. The van der Waals surface area contributed by atoms with E-state index in [0.717, 1.165) is 42.0 Å². The van der Waals surface area contributed by atoms with Gasteiger partial charge < -0.3 is 10.2 Å². The summed E-state index contributed by atoms with van der Waals surface area (Å²) >= 11 is 12.3. The Balaban J connectivity index is 1.70. The average molecular weight is 635 g/mol. The lowest BCUT2D eigenvalue weighted by molar-refractivity contribution is -0.139. The van der Waals surface area contributed by atoms with Gasteiger partial charge in [-0.3, -0.25) is 13.9 Å². The van der Waals surface area contributed by atoms with Crippen molar-refractivity contribution in [1.82, 2.24) is 10.2 Å². The van der Waals surface area contributed by atoms with Crippen LogP contribution in [0.4, 0.5) is 10.1 Å². The van der Waals surface area contributed by atoms with Crippen molar-refractivity contribution in [2.75, 3.05) is 10.8 Å².